The molecule has 0 unspecified atom stereocenters. The van der Waals surface area contributed by atoms with Crippen LogP contribution in [0.1, 0.15) is 39.7 Å². The molecule has 2 aromatic carbocycles. The van der Waals surface area contributed by atoms with Crippen molar-refractivity contribution in [2.24, 2.45) is 0 Å². The van der Waals surface area contributed by atoms with Crippen molar-refractivity contribution in [3.63, 3.8) is 0 Å². The van der Waals surface area contributed by atoms with E-state index in [0.29, 0.717) is 28.3 Å². The molecule has 0 radical (unpaired) electrons. The third-order valence-electron chi connectivity index (χ3n) is 6.39. The molecule has 1 amide bonds. The highest BCUT2D eigenvalue weighted by Crippen LogP contribution is 2.41. The molecule has 0 aliphatic heterocycles. The van der Waals surface area contributed by atoms with Gasteiger partial charge < -0.3 is 19.2 Å². The zero-order valence-corrected chi connectivity index (χ0v) is 22.7. The quantitative estimate of drug-likeness (QED) is 0.208. The lowest BCUT2D eigenvalue weighted by Gasteiger charge is -2.10. The van der Waals surface area contributed by atoms with Crippen LogP contribution in [0.4, 0.5) is 5.00 Å². The Bertz CT molecular complexity index is 1570. The molecule has 9 heteroatoms. The molecule has 1 aliphatic carbocycles. The number of carbonyl (C=O) groups is 2. The van der Waals surface area contributed by atoms with E-state index in [1.165, 1.54) is 18.4 Å². The highest BCUT2D eigenvalue weighted by atomic mass is 79.9. The van der Waals surface area contributed by atoms with Gasteiger partial charge in [0.15, 0.2) is 6.61 Å². The van der Waals surface area contributed by atoms with Crippen molar-refractivity contribution < 1.29 is 23.5 Å². The van der Waals surface area contributed by atoms with E-state index >= 15 is 0 Å². The first kappa shape index (κ1) is 25.2. The van der Waals surface area contributed by atoms with Crippen molar-refractivity contribution in [3.05, 3.63) is 78.9 Å². The Labute approximate surface area is 225 Å². The zero-order valence-electron chi connectivity index (χ0n) is 20.3. The summed E-state index contributed by atoms with van der Waals surface area (Å²) in [6, 6.07) is 12.9. The van der Waals surface area contributed by atoms with Gasteiger partial charge >= 0.3 is 11.6 Å². The van der Waals surface area contributed by atoms with Gasteiger partial charge in [-0.15, -0.1) is 11.3 Å². The van der Waals surface area contributed by atoms with E-state index in [4.69, 9.17) is 13.9 Å². The summed E-state index contributed by atoms with van der Waals surface area (Å²) in [5, 5.41) is 4.14. The van der Waals surface area contributed by atoms with Crippen LogP contribution in [0.25, 0.3) is 22.1 Å². The van der Waals surface area contributed by atoms with Crippen LogP contribution in [0.15, 0.2) is 56.1 Å². The number of esters is 1. The molecule has 1 N–H and O–H groups in total. The number of fused-ring (bicyclic) bond motifs is 3. The Morgan fingerprint density at radius 2 is 1.86 bits per heavy atom. The average molecular weight is 582 g/mol. The number of benzene rings is 2. The van der Waals surface area contributed by atoms with E-state index in [1.54, 1.807) is 12.1 Å². The largest absolute Gasteiger partial charge is 0.484 e. The fourth-order valence-electron chi connectivity index (χ4n) is 4.70. The van der Waals surface area contributed by atoms with E-state index in [-0.39, 0.29) is 12.2 Å². The average Bonchev–Trinajstić information content (AvgIpc) is 3.53. The number of carbonyl (C=O) groups excluding carboxylic acids is 2. The van der Waals surface area contributed by atoms with E-state index in [1.807, 2.05) is 37.3 Å². The van der Waals surface area contributed by atoms with Gasteiger partial charge in [0.25, 0.3) is 5.91 Å². The number of thiophene rings is 1. The Kier molecular flexibility index (Phi) is 7.17. The van der Waals surface area contributed by atoms with Crippen molar-refractivity contribution in [2.45, 2.75) is 32.6 Å². The fraction of sp³-hybridized carbons (Fsp3) is 0.250. The molecule has 190 valence electrons. The Morgan fingerprint density at radius 3 is 2.59 bits per heavy atom. The summed E-state index contributed by atoms with van der Waals surface area (Å²) in [6.07, 6.45) is 3.21. The minimum absolute atomic E-state index is 0.283. The van der Waals surface area contributed by atoms with Gasteiger partial charge in [-0.1, -0.05) is 35.0 Å². The highest BCUT2D eigenvalue weighted by molar-refractivity contribution is 9.10. The second-order valence-corrected chi connectivity index (χ2v) is 10.7. The summed E-state index contributed by atoms with van der Waals surface area (Å²) in [5.74, 6) is -0.540. The van der Waals surface area contributed by atoms with Crippen LogP contribution in [0.5, 0.6) is 5.75 Å². The Morgan fingerprint density at radius 1 is 1.11 bits per heavy atom. The third kappa shape index (κ3) is 4.93. The summed E-state index contributed by atoms with van der Waals surface area (Å²) in [4.78, 5) is 38.9. The SMILES string of the molecule is CCc1sc(NC(=O)COc2ccc3c4c(c(=O)oc3c2)CCC4)c(C(=O)OC)c1-c1ccc(Br)cc1. The maximum atomic E-state index is 12.8. The number of hydrogen-bond acceptors (Lipinski definition) is 7. The molecule has 0 saturated heterocycles. The van der Waals surface area contributed by atoms with E-state index in [9.17, 15) is 14.4 Å². The smallest absolute Gasteiger partial charge is 0.341 e. The molecule has 37 heavy (non-hydrogen) atoms. The number of ether oxygens (including phenoxy) is 2. The van der Waals surface area contributed by atoms with Crippen molar-refractivity contribution in [1.29, 1.82) is 0 Å². The standard InChI is InChI=1S/C28H24BrNO6S/c1-3-22-24(15-7-9-16(29)10-8-15)25(28(33)34-2)26(37-22)30-23(31)14-35-17-11-12-19-18-5-4-6-20(18)27(32)36-21(19)13-17/h7-13H,3-6,14H2,1-2H3,(H,30,31). The number of rotatable bonds is 7. The van der Waals surface area contributed by atoms with Crippen LogP contribution in [0, 0.1) is 0 Å². The lowest BCUT2D eigenvalue weighted by Crippen LogP contribution is -2.21. The molecule has 2 heterocycles. The van der Waals surface area contributed by atoms with Crippen molar-refractivity contribution in [1.82, 2.24) is 0 Å². The number of anilines is 1. The molecular weight excluding hydrogens is 558 g/mol. The fourth-order valence-corrected chi connectivity index (χ4v) is 6.13. The van der Waals surface area contributed by atoms with Crippen molar-refractivity contribution in [2.75, 3.05) is 19.0 Å². The lowest BCUT2D eigenvalue weighted by molar-refractivity contribution is -0.118. The Balaban J connectivity index is 1.38. The molecule has 7 nitrogen and oxygen atoms in total. The van der Waals surface area contributed by atoms with Crippen LogP contribution < -0.4 is 15.7 Å². The molecule has 0 bridgehead atoms. The summed E-state index contributed by atoms with van der Waals surface area (Å²) in [6.45, 7) is 1.71. The van der Waals surface area contributed by atoms with Crippen LogP contribution in [0.3, 0.4) is 0 Å². The van der Waals surface area contributed by atoms with E-state index in [0.717, 1.165) is 56.3 Å². The first-order valence-electron chi connectivity index (χ1n) is 11.9. The first-order valence-corrected chi connectivity index (χ1v) is 13.5. The minimum Gasteiger partial charge on any atom is -0.484 e. The molecule has 1 aliphatic rings. The highest BCUT2D eigenvalue weighted by Gasteiger charge is 2.26. The number of hydrogen-bond donors (Lipinski definition) is 1. The Hall–Kier alpha value is -3.43. The van der Waals surface area contributed by atoms with Crippen LogP contribution in [-0.4, -0.2) is 25.6 Å². The topological polar surface area (TPSA) is 94.8 Å². The van der Waals surface area contributed by atoms with E-state index < -0.39 is 11.9 Å². The molecule has 5 rings (SSSR count). The third-order valence-corrected chi connectivity index (χ3v) is 8.17. The van der Waals surface area contributed by atoms with Crippen LogP contribution in [0.2, 0.25) is 0 Å². The maximum Gasteiger partial charge on any atom is 0.341 e. The van der Waals surface area contributed by atoms with Gasteiger partial charge in [-0.05, 0) is 61.1 Å². The molecule has 2 aromatic heterocycles. The minimum atomic E-state index is -0.526. The van der Waals surface area contributed by atoms with Gasteiger partial charge in [-0.3, -0.25) is 4.79 Å². The summed E-state index contributed by atoms with van der Waals surface area (Å²) >= 11 is 4.78. The molecule has 0 spiro atoms. The van der Waals surface area contributed by atoms with E-state index in [2.05, 4.69) is 21.2 Å². The second kappa shape index (κ2) is 10.5. The summed E-state index contributed by atoms with van der Waals surface area (Å²) in [7, 11) is 1.32. The number of methoxy groups -OCH3 is 1. The lowest BCUT2D eigenvalue weighted by atomic mass is 10.0. The van der Waals surface area contributed by atoms with Gasteiger partial charge in [0.1, 0.15) is 21.9 Å². The van der Waals surface area contributed by atoms with Gasteiger partial charge in [0, 0.05) is 31.9 Å². The first-order chi connectivity index (χ1) is 17.9. The summed E-state index contributed by atoms with van der Waals surface area (Å²) in [5.41, 5.74) is 3.86. The molecule has 0 atom stereocenters. The van der Waals surface area contributed by atoms with Gasteiger partial charge in [-0.2, -0.15) is 0 Å². The molecule has 0 saturated carbocycles. The van der Waals surface area contributed by atoms with Crippen molar-refractivity contribution in [3.8, 4) is 16.9 Å². The van der Waals surface area contributed by atoms with Gasteiger partial charge in [0.2, 0.25) is 0 Å². The molecule has 0 fully saturated rings. The van der Waals surface area contributed by atoms with Crippen LogP contribution >= 0.6 is 27.3 Å². The van der Waals surface area contributed by atoms with Gasteiger partial charge in [-0.25, -0.2) is 9.59 Å². The normalized spacial score (nSPS) is 12.4. The van der Waals surface area contributed by atoms with Crippen molar-refractivity contribution >= 4 is 55.1 Å². The maximum absolute atomic E-state index is 12.8. The predicted molar refractivity (Wildman–Crippen MR) is 147 cm³/mol. The van der Waals surface area contributed by atoms with Crippen LogP contribution in [-0.2, 0) is 28.8 Å². The number of aryl methyl sites for hydroxylation is 2. The number of nitrogens with one attached hydrogen (secondary N) is 1. The summed E-state index contributed by atoms with van der Waals surface area (Å²) < 4.78 is 17.2. The molecular formula is C28H24BrNO6S. The predicted octanol–water partition coefficient (Wildman–Crippen LogP) is 6.14. The number of halogens is 1. The molecule has 4 aromatic rings. The monoisotopic (exact) mass is 581 g/mol. The van der Waals surface area contributed by atoms with Gasteiger partial charge in [0.05, 0.1) is 7.11 Å². The second-order valence-electron chi connectivity index (χ2n) is 8.65. The number of amides is 1. The zero-order chi connectivity index (χ0) is 26.1.